The van der Waals surface area contributed by atoms with Crippen LogP contribution >= 0.6 is 0 Å². The number of fused-ring (bicyclic) bond motifs is 1. The van der Waals surface area contributed by atoms with Crippen LogP contribution in [0.3, 0.4) is 0 Å². The summed E-state index contributed by atoms with van der Waals surface area (Å²) in [5.41, 5.74) is 1.03. The quantitative estimate of drug-likeness (QED) is 0.338. The van der Waals surface area contributed by atoms with Crippen LogP contribution in [0.2, 0.25) is 0 Å². The largest absolute Gasteiger partial charge is 0.385 e. The lowest BCUT2D eigenvalue weighted by Gasteiger charge is -2.17. The number of carbonyl (C=O) groups excluding carboxylic acids is 3. The Balaban J connectivity index is 1.96. The molecule has 0 spiro atoms. The predicted molar refractivity (Wildman–Crippen MR) is 102 cm³/mol. The van der Waals surface area contributed by atoms with Gasteiger partial charge in [0.25, 0.3) is 11.8 Å². The maximum Gasteiger partial charge on any atom is 0.319 e. The smallest absolute Gasteiger partial charge is 0.319 e. The second-order valence-electron chi connectivity index (χ2n) is 6.04. The maximum atomic E-state index is 12.5. The summed E-state index contributed by atoms with van der Waals surface area (Å²) in [5.74, 6) is -0.698. The average molecular weight is 393 g/mol. The van der Waals surface area contributed by atoms with E-state index in [-0.39, 0.29) is 23.9 Å². The Morgan fingerprint density at radius 1 is 1.11 bits per heavy atom. The lowest BCUT2D eigenvalue weighted by molar-refractivity contribution is -0.131. The molecule has 9 nitrogen and oxygen atoms in total. The number of hydrogen-bond acceptors (Lipinski definition) is 6. The number of methoxy groups -OCH3 is 1. The number of urea groups is 1. The van der Waals surface area contributed by atoms with Crippen molar-refractivity contribution in [2.75, 3.05) is 45.3 Å². The van der Waals surface area contributed by atoms with Gasteiger partial charge in [0.15, 0.2) is 6.29 Å². The van der Waals surface area contributed by atoms with Gasteiger partial charge in [0.1, 0.15) is 0 Å². The summed E-state index contributed by atoms with van der Waals surface area (Å²) in [6, 6.07) is 4.18. The maximum absolute atomic E-state index is 12.5. The number of hydrogen-bond donors (Lipinski definition) is 2. The fraction of sp³-hybridized carbons (Fsp3) is 0.526. The van der Waals surface area contributed by atoms with Crippen molar-refractivity contribution in [3.05, 3.63) is 29.3 Å². The fourth-order valence-corrected chi connectivity index (χ4v) is 2.83. The molecule has 4 amide bonds. The van der Waals surface area contributed by atoms with Gasteiger partial charge in [-0.25, -0.2) is 4.79 Å². The monoisotopic (exact) mass is 393 g/mol. The first-order chi connectivity index (χ1) is 13.5. The van der Waals surface area contributed by atoms with Crippen LogP contribution in [-0.4, -0.2) is 69.1 Å². The highest BCUT2D eigenvalue weighted by Crippen LogP contribution is 2.26. The second-order valence-corrected chi connectivity index (χ2v) is 6.04. The number of ether oxygens (including phenoxy) is 3. The molecule has 0 fully saturated rings. The number of imide groups is 1. The van der Waals surface area contributed by atoms with E-state index in [0.717, 1.165) is 0 Å². The van der Waals surface area contributed by atoms with Crippen molar-refractivity contribution in [3.63, 3.8) is 0 Å². The molecule has 0 saturated heterocycles. The van der Waals surface area contributed by atoms with Crippen LogP contribution in [-0.2, 0) is 14.2 Å². The van der Waals surface area contributed by atoms with Crippen molar-refractivity contribution >= 4 is 23.5 Å². The molecule has 1 aromatic rings. The van der Waals surface area contributed by atoms with Gasteiger partial charge in [-0.1, -0.05) is 0 Å². The lowest BCUT2D eigenvalue weighted by Crippen LogP contribution is -2.37. The molecule has 1 aliphatic rings. The summed E-state index contributed by atoms with van der Waals surface area (Å²) >= 11 is 0. The van der Waals surface area contributed by atoms with Gasteiger partial charge in [-0.3, -0.25) is 14.5 Å². The zero-order valence-electron chi connectivity index (χ0n) is 16.4. The highest BCUT2D eigenvalue weighted by Gasteiger charge is 2.35. The van der Waals surface area contributed by atoms with Crippen molar-refractivity contribution in [2.24, 2.45) is 0 Å². The van der Waals surface area contributed by atoms with Crippen LogP contribution < -0.4 is 10.6 Å². The van der Waals surface area contributed by atoms with Crippen molar-refractivity contribution in [1.82, 2.24) is 10.2 Å². The number of anilines is 1. The molecular weight excluding hydrogens is 366 g/mol. The molecule has 0 atom stereocenters. The van der Waals surface area contributed by atoms with E-state index in [2.05, 4.69) is 10.6 Å². The summed E-state index contributed by atoms with van der Waals surface area (Å²) < 4.78 is 15.7. The Hall–Kier alpha value is -2.49. The first kappa shape index (κ1) is 21.8. The number of carbonyl (C=O) groups is 3. The molecule has 2 N–H and O–H groups in total. The molecule has 0 unspecified atom stereocenters. The summed E-state index contributed by atoms with van der Waals surface area (Å²) in [5, 5.41) is 5.31. The number of benzene rings is 1. The van der Waals surface area contributed by atoms with Crippen molar-refractivity contribution in [2.45, 2.75) is 26.6 Å². The van der Waals surface area contributed by atoms with E-state index in [0.29, 0.717) is 44.0 Å². The van der Waals surface area contributed by atoms with Crippen LogP contribution in [0, 0.1) is 0 Å². The van der Waals surface area contributed by atoms with E-state index in [4.69, 9.17) is 14.2 Å². The van der Waals surface area contributed by atoms with E-state index >= 15 is 0 Å². The molecule has 154 valence electrons. The van der Waals surface area contributed by atoms with Crippen molar-refractivity contribution in [1.29, 1.82) is 0 Å². The van der Waals surface area contributed by atoms with E-state index in [1.165, 1.54) is 11.0 Å². The van der Waals surface area contributed by atoms with Crippen LogP contribution in [0.25, 0.3) is 0 Å². The Bertz CT molecular complexity index is 703. The first-order valence-corrected chi connectivity index (χ1v) is 9.29. The zero-order valence-corrected chi connectivity index (χ0v) is 16.4. The minimum absolute atomic E-state index is 0.184. The number of amides is 4. The van der Waals surface area contributed by atoms with Gasteiger partial charge in [-0.2, -0.15) is 0 Å². The summed E-state index contributed by atoms with van der Waals surface area (Å²) in [6.07, 6.45) is 0.0386. The zero-order chi connectivity index (χ0) is 20.5. The SMILES string of the molecule is CCOC(CNC(=O)Nc1ccc2c(c1)C(=O)N(CCCOC)C2=O)OCC. The molecular formula is C19H27N3O6. The summed E-state index contributed by atoms with van der Waals surface area (Å²) in [7, 11) is 1.57. The fourth-order valence-electron chi connectivity index (χ4n) is 2.83. The van der Waals surface area contributed by atoms with Crippen LogP contribution in [0.1, 0.15) is 41.0 Å². The van der Waals surface area contributed by atoms with Crippen molar-refractivity contribution in [3.8, 4) is 0 Å². The Labute approximate surface area is 164 Å². The Morgan fingerprint density at radius 2 is 1.79 bits per heavy atom. The molecule has 0 radical (unpaired) electrons. The Morgan fingerprint density at radius 3 is 2.43 bits per heavy atom. The van der Waals surface area contributed by atoms with Crippen LogP contribution in [0.15, 0.2) is 18.2 Å². The molecule has 1 aromatic carbocycles. The highest BCUT2D eigenvalue weighted by atomic mass is 16.7. The molecule has 9 heteroatoms. The van der Waals surface area contributed by atoms with E-state index in [1.807, 2.05) is 13.8 Å². The topological polar surface area (TPSA) is 106 Å². The Kier molecular flexibility index (Phi) is 8.37. The van der Waals surface area contributed by atoms with Gasteiger partial charge >= 0.3 is 6.03 Å². The van der Waals surface area contributed by atoms with E-state index in [9.17, 15) is 14.4 Å². The van der Waals surface area contributed by atoms with Crippen LogP contribution in [0.5, 0.6) is 0 Å². The van der Waals surface area contributed by atoms with Gasteiger partial charge in [-0.05, 0) is 38.5 Å². The minimum atomic E-state index is -0.527. The molecule has 0 aliphatic carbocycles. The third kappa shape index (κ3) is 5.51. The number of rotatable bonds is 11. The number of nitrogens with one attached hydrogen (secondary N) is 2. The second kappa shape index (κ2) is 10.7. The molecule has 28 heavy (non-hydrogen) atoms. The molecule has 1 heterocycles. The molecule has 0 bridgehead atoms. The van der Waals surface area contributed by atoms with Gasteiger partial charge in [0.2, 0.25) is 0 Å². The molecule has 0 aromatic heterocycles. The van der Waals surface area contributed by atoms with E-state index in [1.54, 1.807) is 19.2 Å². The van der Waals surface area contributed by atoms with Gasteiger partial charge in [0.05, 0.1) is 17.7 Å². The summed E-state index contributed by atoms with van der Waals surface area (Å²) in [6.45, 7) is 5.56. The third-order valence-corrected chi connectivity index (χ3v) is 4.09. The minimum Gasteiger partial charge on any atom is -0.385 e. The van der Waals surface area contributed by atoms with Crippen LogP contribution in [0.4, 0.5) is 10.5 Å². The molecule has 0 saturated carbocycles. The lowest BCUT2D eigenvalue weighted by atomic mass is 10.1. The first-order valence-electron chi connectivity index (χ1n) is 9.29. The van der Waals surface area contributed by atoms with Gasteiger partial charge < -0.3 is 24.8 Å². The average Bonchev–Trinajstić information content (AvgIpc) is 2.91. The third-order valence-electron chi connectivity index (χ3n) is 4.09. The van der Waals surface area contributed by atoms with Crippen molar-refractivity contribution < 1.29 is 28.6 Å². The standard InChI is InChI=1S/C19H27N3O6/c1-4-27-16(28-5-2)12-20-19(25)21-13-7-8-14-15(11-13)18(24)22(17(14)23)9-6-10-26-3/h7-8,11,16H,4-6,9-10,12H2,1-3H3,(H2,20,21,25). The highest BCUT2D eigenvalue weighted by molar-refractivity contribution is 6.21. The normalized spacial score (nSPS) is 13.2. The van der Waals surface area contributed by atoms with E-state index < -0.39 is 12.3 Å². The van der Waals surface area contributed by atoms with Gasteiger partial charge in [0, 0.05) is 39.2 Å². The number of nitrogens with zero attached hydrogens (tertiary/aromatic N) is 1. The summed E-state index contributed by atoms with van der Waals surface area (Å²) in [4.78, 5) is 38.2. The molecule has 1 aliphatic heterocycles. The van der Waals surface area contributed by atoms with Gasteiger partial charge in [-0.15, -0.1) is 0 Å². The predicted octanol–water partition coefficient (Wildman–Crippen LogP) is 1.84. The molecule has 2 rings (SSSR count).